The highest BCUT2D eigenvalue weighted by Crippen LogP contribution is 2.24. The van der Waals surface area contributed by atoms with Crippen molar-refractivity contribution < 1.29 is 9.59 Å². The maximum Gasteiger partial charge on any atom is 0.224 e. The summed E-state index contributed by atoms with van der Waals surface area (Å²) in [4.78, 5) is 34.4. The van der Waals surface area contributed by atoms with Crippen LogP contribution in [-0.4, -0.2) is 21.8 Å². The molecule has 0 spiro atoms. The van der Waals surface area contributed by atoms with Crippen LogP contribution >= 0.6 is 0 Å². The third-order valence-corrected chi connectivity index (χ3v) is 7.66. The van der Waals surface area contributed by atoms with Crippen molar-refractivity contribution in [2.45, 2.75) is 51.4 Å². The number of rotatable bonds is 11. The monoisotopic (exact) mass is 554 g/mol. The molecule has 6 heteroatoms. The predicted octanol–water partition coefficient (Wildman–Crippen LogP) is 8.79. The Morgan fingerprint density at radius 1 is 0.452 bits per heavy atom. The van der Waals surface area contributed by atoms with E-state index < -0.39 is 0 Å². The standard InChI is InChI=1S/C36H34N4O2/c41-35(37-29-17-19-33-27(23-29)21-25-11-7-9-13-31(25)39-33)15-5-3-1-2-4-6-16-36(42)38-30-18-20-34-28(24-30)22-26-12-8-10-14-32(26)40-34/h7-14,17-24H,1-6,15-16H2,(H,37,41)(H,38,42). The van der Waals surface area contributed by atoms with Crippen LogP contribution in [-0.2, 0) is 9.59 Å². The summed E-state index contributed by atoms with van der Waals surface area (Å²) in [5, 5.41) is 10.3. The Bertz CT molecular complexity index is 1760. The van der Waals surface area contributed by atoms with E-state index in [1.807, 2.05) is 84.9 Å². The fourth-order valence-corrected chi connectivity index (χ4v) is 5.44. The van der Waals surface area contributed by atoms with Crippen molar-refractivity contribution in [2.75, 3.05) is 10.6 Å². The smallest absolute Gasteiger partial charge is 0.224 e. The van der Waals surface area contributed by atoms with E-state index in [1.54, 1.807) is 0 Å². The number of anilines is 2. The highest BCUT2D eigenvalue weighted by atomic mass is 16.2. The van der Waals surface area contributed by atoms with E-state index in [1.165, 1.54) is 0 Å². The molecule has 2 amide bonds. The molecule has 0 atom stereocenters. The highest BCUT2D eigenvalue weighted by Gasteiger charge is 2.07. The first-order chi connectivity index (χ1) is 20.6. The highest BCUT2D eigenvalue weighted by molar-refractivity contribution is 5.98. The van der Waals surface area contributed by atoms with E-state index in [-0.39, 0.29) is 11.8 Å². The molecule has 210 valence electrons. The van der Waals surface area contributed by atoms with Crippen LogP contribution in [0.25, 0.3) is 43.6 Å². The van der Waals surface area contributed by atoms with Crippen molar-refractivity contribution in [1.82, 2.24) is 9.97 Å². The van der Waals surface area contributed by atoms with Crippen molar-refractivity contribution in [3.05, 3.63) is 97.1 Å². The van der Waals surface area contributed by atoms with Gasteiger partial charge in [0.1, 0.15) is 0 Å². The van der Waals surface area contributed by atoms with Crippen LogP contribution in [0.3, 0.4) is 0 Å². The van der Waals surface area contributed by atoms with Crippen molar-refractivity contribution >= 4 is 66.8 Å². The number of amides is 2. The molecule has 6 rings (SSSR count). The van der Waals surface area contributed by atoms with Crippen LogP contribution in [0.15, 0.2) is 97.1 Å². The molecule has 42 heavy (non-hydrogen) atoms. The quantitative estimate of drug-likeness (QED) is 0.124. The van der Waals surface area contributed by atoms with Gasteiger partial charge in [-0.2, -0.15) is 0 Å². The van der Waals surface area contributed by atoms with Crippen LogP contribution in [0.5, 0.6) is 0 Å². The minimum absolute atomic E-state index is 0.0393. The maximum atomic E-state index is 12.5. The number of unbranched alkanes of at least 4 members (excludes halogenated alkanes) is 5. The zero-order chi connectivity index (χ0) is 28.7. The molecule has 0 fully saturated rings. The Balaban J connectivity index is 0.870. The van der Waals surface area contributed by atoms with E-state index in [4.69, 9.17) is 9.97 Å². The second-order valence-corrected chi connectivity index (χ2v) is 10.9. The van der Waals surface area contributed by atoms with E-state index in [9.17, 15) is 9.59 Å². The zero-order valence-electron chi connectivity index (χ0n) is 23.6. The van der Waals surface area contributed by atoms with Gasteiger partial charge < -0.3 is 10.6 Å². The Morgan fingerprint density at radius 2 is 0.857 bits per heavy atom. The van der Waals surface area contributed by atoms with Gasteiger partial charge in [-0.1, -0.05) is 62.1 Å². The lowest BCUT2D eigenvalue weighted by Crippen LogP contribution is -2.11. The maximum absolute atomic E-state index is 12.5. The SMILES string of the molecule is O=C(CCCCCCCCC(=O)Nc1ccc2nc3ccccc3cc2c1)Nc1ccc2nc3ccccc3cc2c1. The van der Waals surface area contributed by atoms with Gasteiger partial charge in [-0.25, -0.2) is 9.97 Å². The molecule has 6 aromatic rings. The summed E-state index contributed by atoms with van der Waals surface area (Å²) in [7, 11) is 0. The summed E-state index contributed by atoms with van der Waals surface area (Å²) in [6, 6.07) is 32.0. The number of nitrogens with one attached hydrogen (secondary N) is 2. The summed E-state index contributed by atoms with van der Waals surface area (Å²) < 4.78 is 0. The number of nitrogens with zero attached hydrogens (tertiary/aromatic N) is 2. The lowest BCUT2D eigenvalue weighted by atomic mass is 10.1. The van der Waals surface area contributed by atoms with Crippen LogP contribution in [0.1, 0.15) is 51.4 Å². The molecule has 4 aromatic carbocycles. The van der Waals surface area contributed by atoms with Gasteiger partial charge in [0.05, 0.1) is 22.1 Å². The topological polar surface area (TPSA) is 84.0 Å². The summed E-state index contributed by atoms with van der Waals surface area (Å²) in [5.41, 5.74) is 5.39. The molecule has 2 heterocycles. The van der Waals surface area contributed by atoms with Gasteiger partial charge in [0, 0.05) is 45.8 Å². The number of carbonyl (C=O) groups is 2. The second-order valence-electron chi connectivity index (χ2n) is 10.9. The van der Waals surface area contributed by atoms with E-state index in [0.717, 1.165) is 93.5 Å². The molecule has 0 radical (unpaired) electrons. The average molecular weight is 555 g/mol. The van der Waals surface area contributed by atoms with Crippen LogP contribution < -0.4 is 10.6 Å². The van der Waals surface area contributed by atoms with Gasteiger partial charge in [-0.3, -0.25) is 9.59 Å². The Labute approximate surface area is 245 Å². The van der Waals surface area contributed by atoms with Gasteiger partial charge in [0.2, 0.25) is 11.8 Å². The third-order valence-electron chi connectivity index (χ3n) is 7.66. The van der Waals surface area contributed by atoms with Crippen LogP contribution in [0, 0.1) is 0 Å². The van der Waals surface area contributed by atoms with Crippen molar-refractivity contribution in [1.29, 1.82) is 0 Å². The first-order valence-electron chi connectivity index (χ1n) is 14.8. The molecule has 2 aromatic heterocycles. The molecule has 0 aliphatic rings. The molecular formula is C36H34N4O2. The van der Waals surface area contributed by atoms with E-state index in [2.05, 4.69) is 22.8 Å². The third kappa shape index (κ3) is 6.72. The van der Waals surface area contributed by atoms with E-state index >= 15 is 0 Å². The molecule has 6 nitrogen and oxygen atoms in total. The fourth-order valence-electron chi connectivity index (χ4n) is 5.44. The van der Waals surface area contributed by atoms with Gasteiger partial charge in [0.15, 0.2) is 0 Å². The van der Waals surface area contributed by atoms with Crippen molar-refractivity contribution in [3.8, 4) is 0 Å². The first kappa shape index (κ1) is 27.3. The molecule has 0 aliphatic heterocycles. The summed E-state index contributed by atoms with van der Waals surface area (Å²) in [6.07, 6.45) is 6.88. The normalized spacial score (nSPS) is 11.3. The average Bonchev–Trinajstić information content (AvgIpc) is 3.00. The molecule has 0 unspecified atom stereocenters. The van der Waals surface area contributed by atoms with Gasteiger partial charge in [-0.15, -0.1) is 0 Å². The second kappa shape index (κ2) is 12.8. The summed E-state index contributed by atoms with van der Waals surface area (Å²) >= 11 is 0. The fraction of sp³-hybridized carbons (Fsp3) is 0.222. The number of hydrogen-bond acceptors (Lipinski definition) is 4. The Hall–Kier alpha value is -4.84. The lowest BCUT2D eigenvalue weighted by Gasteiger charge is -2.08. The molecule has 0 bridgehead atoms. The van der Waals surface area contributed by atoms with Crippen LogP contribution in [0.4, 0.5) is 11.4 Å². The van der Waals surface area contributed by atoms with Gasteiger partial charge in [-0.05, 0) is 73.5 Å². The zero-order valence-corrected chi connectivity index (χ0v) is 23.6. The van der Waals surface area contributed by atoms with Crippen molar-refractivity contribution in [3.63, 3.8) is 0 Å². The summed E-state index contributed by atoms with van der Waals surface area (Å²) in [5.74, 6) is 0.0786. The molecular weight excluding hydrogens is 520 g/mol. The number of pyridine rings is 2. The number of hydrogen-bond donors (Lipinski definition) is 2. The van der Waals surface area contributed by atoms with Gasteiger partial charge >= 0.3 is 0 Å². The van der Waals surface area contributed by atoms with Crippen molar-refractivity contribution in [2.24, 2.45) is 0 Å². The minimum atomic E-state index is 0.0393. The van der Waals surface area contributed by atoms with E-state index in [0.29, 0.717) is 12.8 Å². The number of carbonyl (C=O) groups excluding carboxylic acids is 2. The Kier molecular flexibility index (Phi) is 8.31. The molecule has 2 N–H and O–H groups in total. The lowest BCUT2D eigenvalue weighted by molar-refractivity contribution is -0.117. The summed E-state index contributed by atoms with van der Waals surface area (Å²) in [6.45, 7) is 0. The number of para-hydroxylation sites is 2. The number of fused-ring (bicyclic) bond motifs is 4. The van der Waals surface area contributed by atoms with Crippen LogP contribution in [0.2, 0.25) is 0 Å². The largest absolute Gasteiger partial charge is 0.326 e. The predicted molar refractivity (Wildman–Crippen MR) is 173 cm³/mol. The minimum Gasteiger partial charge on any atom is -0.326 e. The Morgan fingerprint density at radius 3 is 1.33 bits per heavy atom. The van der Waals surface area contributed by atoms with Gasteiger partial charge in [0.25, 0.3) is 0 Å². The first-order valence-corrected chi connectivity index (χ1v) is 14.8. The number of benzene rings is 4. The molecule has 0 saturated carbocycles. The number of aromatic nitrogens is 2. The molecule has 0 saturated heterocycles. The molecule has 0 aliphatic carbocycles.